The van der Waals surface area contributed by atoms with Crippen LogP contribution >= 0.6 is 11.6 Å². The van der Waals surface area contributed by atoms with E-state index in [1.807, 2.05) is 6.92 Å². The van der Waals surface area contributed by atoms with Gasteiger partial charge in [0.05, 0.1) is 6.54 Å². The van der Waals surface area contributed by atoms with Crippen LogP contribution in [0.4, 0.5) is 0 Å². The van der Waals surface area contributed by atoms with E-state index in [0.29, 0.717) is 28.5 Å². The molecule has 4 bridgehead atoms. The number of carbonyl (C=O) groups is 3. The fourth-order valence-corrected chi connectivity index (χ4v) is 5.93. The van der Waals surface area contributed by atoms with Crippen LogP contribution in [0.3, 0.4) is 0 Å². The zero-order chi connectivity index (χ0) is 21.3. The van der Waals surface area contributed by atoms with Crippen LogP contribution in [0.2, 0.25) is 5.02 Å². The van der Waals surface area contributed by atoms with Crippen LogP contribution in [0.15, 0.2) is 18.2 Å². The number of halogens is 1. The summed E-state index contributed by atoms with van der Waals surface area (Å²) < 4.78 is 5.38. The molecule has 4 fully saturated rings. The largest absolute Gasteiger partial charge is 0.484 e. The molecule has 1 aromatic rings. The van der Waals surface area contributed by atoms with E-state index in [2.05, 4.69) is 16.2 Å². The Morgan fingerprint density at radius 3 is 2.23 bits per heavy atom. The fourth-order valence-electron chi connectivity index (χ4n) is 5.81. The number of ether oxygens (including phenoxy) is 1. The Bertz CT molecular complexity index is 822. The molecule has 30 heavy (non-hydrogen) atoms. The Hall–Kier alpha value is -2.28. The number of benzene rings is 1. The second kappa shape index (κ2) is 8.46. The summed E-state index contributed by atoms with van der Waals surface area (Å²) in [6.07, 6.45) is 6.63. The fraction of sp³-hybridized carbons (Fsp3) is 0.591. The molecule has 0 radical (unpaired) electrons. The van der Waals surface area contributed by atoms with Gasteiger partial charge in [-0.3, -0.25) is 25.2 Å². The number of hydrazine groups is 1. The summed E-state index contributed by atoms with van der Waals surface area (Å²) in [5.74, 6) is 1.54. The normalized spacial score (nSPS) is 28.7. The average Bonchev–Trinajstić information content (AvgIpc) is 2.70. The summed E-state index contributed by atoms with van der Waals surface area (Å²) in [5, 5.41) is 3.41. The van der Waals surface area contributed by atoms with Gasteiger partial charge >= 0.3 is 0 Å². The lowest BCUT2D eigenvalue weighted by molar-refractivity contribution is -0.147. The summed E-state index contributed by atoms with van der Waals surface area (Å²) in [6.45, 7) is 1.44. The van der Waals surface area contributed by atoms with Gasteiger partial charge in [-0.05, 0) is 87.0 Å². The van der Waals surface area contributed by atoms with E-state index in [0.717, 1.165) is 24.8 Å². The van der Waals surface area contributed by atoms with Crippen molar-refractivity contribution in [2.24, 2.45) is 23.2 Å². The van der Waals surface area contributed by atoms with E-state index in [-0.39, 0.29) is 24.5 Å². The molecule has 7 nitrogen and oxygen atoms in total. The predicted molar refractivity (Wildman–Crippen MR) is 112 cm³/mol. The summed E-state index contributed by atoms with van der Waals surface area (Å²) in [7, 11) is 0. The van der Waals surface area contributed by atoms with Gasteiger partial charge in [0.2, 0.25) is 5.91 Å². The maximum atomic E-state index is 12.8. The lowest BCUT2D eigenvalue weighted by atomic mass is 9.49. The van der Waals surface area contributed by atoms with Crippen molar-refractivity contribution < 1.29 is 19.1 Å². The molecule has 0 aliphatic heterocycles. The van der Waals surface area contributed by atoms with Gasteiger partial charge in [0.15, 0.2) is 6.61 Å². The molecule has 0 atom stereocenters. The van der Waals surface area contributed by atoms with Crippen molar-refractivity contribution in [1.29, 1.82) is 0 Å². The SMILES string of the molecule is Cc1cc(OCC(=O)NNC(=O)CNC(=O)C23CC4CC(CC(C4)C2)C3)ccc1Cl. The van der Waals surface area contributed by atoms with Crippen LogP contribution < -0.4 is 20.9 Å². The van der Waals surface area contributed by atoms with E-state index in [1.165, 1.54) is 19.3 Å². The van der Waals surface area contributed by atoms with Gasteiger partial charge in [0.1, 0.15) is 5.75 Å². The molecule has 0 aromatic heterocycles. The number of rotatable bonds is 6. The highest BCUT2D eigenvalue weighted by molar-refractivity contribution is 6.31. The Balaban J connectivity index is 1.17. The molecule has 8 heteroatoms. The third-order valence-electron chi connectivity index (χ3n) is 6.77. The molecule has 3 N–H and O–H groups in total. The van der Waals surface area contributed by atoms with E-state index < -0.39 is 11.8 Å². The first-order valence-corrected chi connectivity index (χ1v) is 11.0. The van der Waals surface area contributed by atoms with Crippen molar-refractivity contribution in [3.63, 3.8) is 0 Å². The topological polar surface area (TPSA) is 96.5 Å². The number of aryl methyl sites for hydroxylation is 1. The maximum absolute atomic E-state index is 12.8. The average molecular weight is 434 g/mol. The molecular formula is C22H28ClN3O4. The first-order valence-electron chi connectivity index (χ1n) is 10.6. The molecule has 4 saturated carbocycles. The quantitative estimate of drug-likeness (QED) is 0.600. The van der Waals surface area contributed by atoms with Crippen LogP contribution in [0.1, 0.15) is 44.1 Å². The zero-order valence-electron chi connectivity index (χ0n) is 17.1. The number of hydrogen-bond acceptors (Lipinski definition) is 4. The lowest BCUT2D eigenvalue weighted by Crippen LogP contribution is -2.55. The van der Waals surface area contributed by atoms with E-state index in [9.17, 15) is 14.4 Å². The molecule has 0 spiro atoms. The minimum atomic E-state index is -0.497. The molecule has 1 aromatic carbocycles. The summed E-state index contributed by atoms with van der Waals surface area (Å²) >= 11 is 5.95. The standard InChI is InChI=1S/C22H28ClN3O4/c1-13-4-17(2-3-18(13)23)30-12-20(28)26-25-19(27)11-24-21(29)22-8-14-5-15(9-22)7-16(6-14)10-22/h2-4,14-16H,5-12H2,1H3,(H,24,29)(H,25,27)(H,26,28). The highest BCUT2D eigenvalue weighted by atomic mass is 35.5. The minimum Gasteiger partial charge on any atom is -0.484 e. The second-order valence-corrected chi connectivity index (χ2v) is 9.58. The molecule has 4 aliphatic carbocycles. The first kappa shape index (κ1) is 21.0. The highest BCUT2D eigenvalue weighted by Gasteiger charge is 2.54. The summed E-state index contributed by atoms with van der Waals surface area (Å²) in [6, 6.07) is 5.09. The minimum absolute atomic E-state index is 0.00971. The third-order valence-corrected chi connectivity index (χ3v) is 7.19. The van der Waals surface area contributed by atoms with Crippen molar-refractivity contribution >= 4 is 29.3 Å². The van der Waals surface area contributed by atoms with Crippen molar-refractivity contribution in [3.8, 4) is 5.75 Å². The Morgan fingerprint density at radius 2 is 1.63 bits per heavy atom. The van der Waals surface area contributed by atoms with Gasteiger partial charge in [-0.15, -0.1) is 0 Å². The van der Waals surface area contributed by atoms with E-state index in [1.54, 1.807) is 18.2 Å². The van der Waals surface area contributed by atoms with Crippen molar-refractivity contribution in [2.75, 3.05) is 13.2 Å². The van der Waals surface area contributed by atoms with E-state index in [4.69, 9.17) is 16.3 Å². The molecule has 5 rings (SSSR count). The predicted octanol–water partition coefficient (Wildman–Crippen LogP) is 2.51. The van der Waals surface area contributed by atoms with Gasteiger partial charge < -0.3 is 10.1 Å². The van der Waals surface area contributed by atoms with Crippen LogP contribution in [-0.2, 0) is 14.4 Å². The van der Waals surface area contributed by atoms with Crippen LogP contribution in [0.5, 0.6) is 5.75 Å². The second-order valence-electron chi connectivity index (χ2n) is 9.18. The monoisotopic (exact) mass is 433 g/mol. The van der Waals surface area contributed by atoms with Crippen molar-refractivity contribution in [1.82, 2.24) is 16.2 Å². The molecule has 162 valence electrons. The Labute approximate surface area is 181 Å². The molecule has 4 aliphatic rings. The van der Waals surface area contributed by atoms with Gasteiger partial charge in [-0.25, -0.2) is 0 Å². The van der Waals surface area contributed by atoms with Crippen LogP contribution in [0.25, 0.3) is 0 Å². The number of amides is 3. The highest BCUT2D eigenvalue weighted by Crippen LogP contribution is 2.60. The lowest BCUT2D eigenvalue weighted by Gasteiger charge is -2.55. The van der Waals surface area contributed by atoms with E-state index >= 15 is 0 Å². The smallest absolute Gasteiger partial charge is 0.276 e. The third kappa shape index (κ3) is 4.56. The zero-order valence-corrected chi connectivity index (χ0v) is 17.9. The molecule has 0 unspecified atom stereocenters. The van der Waals surface area contributed by atoms with Crippen molar-refractivity contribution in [2.45, 2.75) is 45.4 Å². The summed E-state index contributed by atoms with van der Waals surface area (Å²) in [4.78, 5) is 36.8. The Morgan fingerprint density at radius 1 is 1.03 bits per heavy atom. The molecule has 0 saturated heterocycles. The Kier molecular flexibility index (Phi) is 5.91. The number of hydrogen-bond donors (Lipinski definition) is 3. The van der Waals surface area contributed by atoms with Gasteiger partial charge in [0.25, 0.3) is 11.8 Å². The first-order chi connectivity index (χ1) is 14.3. The van der Waals surface area contributed by atoms with Gasteiger partial charge in [-0.1, -0.05) is 11.6 Å². The maximum Gasteiger partial charge on any atom is 0.276 e. The molecular weight excluding hydrogens is 406 g/mol. The van der Waals surface area contributed by atoms with Crippen LogP contribution in [0, 0.1) is 30.1 Å². The van der Waals surface area contributed by atoms with Crippen LogP contribution in [-0.4, -0.2) is 30.9 Å². The summed E-state index contributed by atoms with van der Waals surface area (Å²) in [5.41, 5.74) is 5.17. The molecule has 3 amide bonds. The molecule has 0 heterocycles. The number of nitrogens with one attached hydrogen (secondary N) is 3. The van der Waals surface area contributed by atoms with Crippen molar-refractivity contribution in [3.05, 3.63) is 28.8 Å². The number of carbonyl (C=O) groups excluding carboxylic acids is 3. The van der Waals surface area contributed by atoms with Gasteiger partial charge in [0, 0.05) is 10.4 Å². The van der Waals surface area contributed by atoms with Gasteiger partial charge in [-0.2, -0.15) is 0 Å².